The highest BCUT2D eigenvalue weighted by Crippen LogP contribution is 2.40. The molecule has 5 amide bonds. The Kier molecular flexibility index (Phi) is 14.6. The van der Waals surface area contributed by atoms with Crippen LogP contribution in [0.15, 0.2) is 0 Å². The van der Waals surface area contributed by atoms with Gasteiger partial charge >= 0.3 is 6.03 Å². The Bertz CT molecular complexity index is 1380. The summed E-state index contributed by atoms with van der Waals surface area (Å²) in [5, 5.41) is 11.7. The maximum absolute atomic E-state index is 14.6. The summed E-state index contributed by atoms with van der Waals surface area (Å²) in [5.74, 6) is -2.39. The van der Waals surface area contributed by atoms with Gasteiger partial charge in [0.1, 0.15) is 12.1 Å². The largest absolute Gasteiger partial charge is 0.347 e. The van der Waals surface area contributed by atoms with Gasteiger partial charge in [0.15, 0.2) is 0 Å². The summed E-state index contributed by atoms with van der Waals surface area (Å²) in [6, 6.07) is -3.81. The second-order valence-electron chi connectivity index (χ2n) is 16.9. The molecule has 3 atom stereocenters. The van der Waals surface area contributed by atoms with Crippen molar-refractivity contribution in [3.05, 3.63) is 0 Å². The third-order valence-electron chi connectivity index (χ3n) is 11.7. The zero-order valence-electron chi connectivity index (χ0n) is 32.6. The summed E-state index contributed by atoms with van der Waals surface area (Å²) in [6.45, 7) is 11.7. The van der Waals surface area contributed by atoms with E-state index in [1.54, 1.807) is 0 Å². The maximum Gasteiger partial charge on any atom is 0.315 e. The molecule has 296 valence electrons. The van der Waals surface area contributed by atoms with Crippen LogP contribution in [0.2, 0.25) is 0 Å². The SMILES string of the molecule is CCCCC(NC(=O)[C@@H]1CCCN1C(=O)[C@@H](NC(=O)NC1(CS(=O)(=O)N(C(C)C)C(C)C)CCCCC1)C1(C)CCCCC1)C(=O)C(=O)NC1CC1. The molecule has 4 aliphatic rings. The van der Waals surface area contributed by atoms with Crippen LogP contribution >= 0.6 is 0 Å². The molecule has 4 N–H and O–H groups in total. The van der Waals surface area contributed by atoms with E-state index in [-0.39, 0.29) is 29.8 Å². The molecule has 1 aliphatic heterocycles. The fraction of sp³-hybridized carbons (Fsp3) is 0.868. The number of unbranched alkanes of at least 4 members (excludes halogenated alkanes) is 1. The highest BCUT2D eigenvalue weighted by atomic mass is 32.2. The van der Waals surface area contributed by atoms with Crippen molar-refractivity contribution in [2.45, 2.75) is 192 Å². The Morgan fingerprint density at radius 1 is 0.827 bits per heavy atom. The first-order chi connectivity index (χ1) is 24.5. The van der Waals surface area contributed by atoms with Crippen molar-refractivity contribution in [3.8, 4) is 0 Å². The van der Waals surface area contributed by atoms with E-state index in [9.17, 15) is 32.4 Å². The Hall–Kier alpha value is -2.74. The fourth-order valence-corrected chi connectivity index (χ4v) is 11.3. The number of hydrogen-bond acceptors (Lipinski definition) is 7. The van der Waals surface area contributed by atoms with E-state index < -0.39 is 62.7 Å². The summed E-state index contributed by atoms with van der Waals surface area (Å²) in [5.41, 5.74) is -1.55. The van der Waals surface area contributed by atoms with E-state index in [2.05, 4.69) is 21.3 Å². The zero-order chi connectivity index (χ0) is 38.3. The van der Waals surface area contributed by atoms with Crippen LogP contribution in [0.3, 0.4) is 0 Å². The average Bonchev–Trinajstić information content (AvgIpc) is 3.74. The van der Waals surface area contributed by atoms with Gasteiger partial charge in [-0.3, -0.25) is 19.2 Å². The second-order valence-corrected chi connectivity index (χ2v) is 18.7. The molecule has 1 heterocycles. The minimum atomic E-state index is -3.74. The number of carbonyl (C=O) groups is 5. The van der Waals surface area contributed by atoms with E-state index >= 15 is 0 Å². The monoisotopic (exact) mass is 750 g/mol. The van der Waals surface area contributed by atoms with Gasteiger partial charge in [-0.05, 0) is 90.9 Å². The first kappa shape index (κ1) is 42.0. The number of carbonyl (C=O) groups excluding carboxylic acids is 5. The van der Waals surface area contributed by atoms with E-state index in [0.717, 1.165) is 70.6 Å². The van der Waals surface area contributed by atoms with Gasteiger partial charge in [0.25, 0.3) is 5.91 Å². The topological polar surface area (TPSA) is 174 Å². The molecule has 52 heavy (non-hydrogen) atoms. The van der Waals surface area contributed by atoms with Crippen molar-refractivity contribution in [1.82, 2.24) is 30.5 Å². The van der Waals surface area contributed by atoms with Crippen LogP contribution in [-0.4, -0.2) is 101 Å². The van der Waals surface area contributed by atoms with Gasteiger partial charge in [0.2, 0.25) is 27.6 Å². The minimum absolute atomic E-state index is 0.0110. The van der Waals surface area contributed by atoms with Gasteiger partial charge in [-0.15, -0.1) is 0 Å². The number of ketones is 1. The number of amides is 5. The Balaban J connectivity index is 1.54. The fourth-order valence-electron chi connectivity index (χ4n) is 8.84. The molecule has 0 bridgehead atoms. The van der Waals surface area contributed by atoms with Crippen LogP contribution in [0.25, 0.3) is 0 Å². The van der Waals surface area contributed by atoms with E-state index in [1.165, 1.54) is 9.21 Å². The minimum Gasteiger partial charge on any atom is -0.347 e. The molecule has 3 aliphatic carbocycles. The number of nitrogens with zero attached hydrogens (tertiary/aromatic N) is 2. The summed E-state index contributed by atoms with van der Waals surface area (Å²) in [7, 11) is -3.74. The normalized spacial score (nSPS) is 22.9. The quantitative estimate of drug-likeness (QED) is 0.161. The molecule has 0 spiro atoms. The van der Waals surface area contributed by atoms with Crippen LogP contribution in [0, 0.1) is 5.41 Å². The van der Waals surface area contributed by atoms with Crippen molar-refractivity contribution in [2.24, 2.45) is 5.41 Å². The number of hydrogen-bond donors (Lipinski definition) is 4. The molecule has 1 unspecified atom stereocenters. The molecule has 3 saturated carbocycles. The van der Waals surface area contributed by atoms with Gasteiger partial charge in [-0.1, -0.05) is 65.2 Å². The van der Waals surface area contributed by atoms with Gasteiger partial charge in [-0.25, -0.2) is 13.2 Å². The maximum atomic E-state index is 14.6. The van der Waals surface area contributed by atoms with Gasteiger partial charge in [0.05, 0.1) is 17.3 Å². The molecule has 14 heteroatoms. The number of Topliss-reactive ketones (excluding diaryl/α,β-unsaturated/α-hetero) is 1. The lowest BCUT2D eigenvalue weighted by Crippen LogP contribution is -2.64. The van der Waals surface area contributed by atoms with Crippen molar-refractivity contribution in [1.29, 1.82) is 0 Å². The Morgan fingerprint density at radius 3 is 1.98 bits per heavy atom. The number of likely N-dealkylation sites (tertiary alicyclic amines) is 1. The summed E-state index contributed by atoms with van der Waals surface area (Å²) in [4.78, 5) is 69.9. The molecule has 13 nitrogen and oxygen atoms in total. The number of rotatable bonds is 17. The summed E-state index contributed by atoms with van der Waals surface area (Å²) >= 11 is 0. The molecule has 1 saturated heterocycles. The predicted octanol–water partition coefficient (Wildman–Crippen LogP) is 4.29. The van der Waals surface area contributed by atoms with Gasteiger partial charge in [-0.2, -0.15) is 4.31 Å². The molecular formula is C38H66N6O7S. The molecule has 0 aromatic heterocycles. The summed E-state index contributed by atoms with van der Waals surface area (Å²) in [6.07, 6.45) is 12.3. The Morgan fingerprint density at radius 2 is 1.42 bits per heavy atom. The molecule has 0 aromatic rings. The second kappa shape index (κ2) is 18.1. The van der Waals surface area contributed by atoms with Crippen molar-refractivity contribution >= 4 is 39.6 Å². The average molecular weight is 751 g/mol. The van der Waals surface area contributed by atoms with E-state index in [1.807, 2.05) is 41.5 Å². The van der Waals surface area contributed by atoms with Crippen LogP contribution in [0.1, 0.15) is 151 Å². The van der Waals surface area contributed by atoms with Gasteiger partial charge in [0, 0.05) is 24.7 Å². The lowest BCUT2D eigenvalue weighted by atomic mass is 9.70. The van der Waals surface area contributed by atoms with E-state index in [4.69, 9.17) is 0 Å². The van der Waals surface area contributed by atoms with E-state index in [0.29, 0.717) is 45.1 Å². The first-order valence-corrected chi connectivity index (χ1v) is 21.7. The summed E-state index contributed by atoms with van der Waals surface area (Å²) < 4.78 is 29.2. The van der Waals surface area contributed by atoms with Crippen LogP contribution in [0.5, 0.6) is 0 Å². The van der Waals surface area contributed by atoms with Crippen LogP contribution < -0.4 is 21.3 Å². The molecule has 0 radical (unpaired) electrons. The van der Waals surface area contributed by atoms with Crippen LogP contribution in [-0.2, 0) is 29.2 Å². The van der Waals surface area contributed by atoms with Gasteiger partial charge < -0.3 is 26.2 Å². The standard InChI is InChI=1S/C38H66N6O7S/c1-7-8-16-29(31(45)34(47)39-28-18-19-28)40-33(46)30-17-15-24-43(30)35(48)32(37(6)20-11-9-12-21-37)41-36(49)42-38(22-13-10-14-23-38)25-52(50,51)44(26(2)3)27(4)5/h26-30,32H,7-25H2,1-6H3,(H,39,47)(H,40,46)(H2,41,42,49)/t29?,30-,32+/m0/s1. The number of sulfonamides is 1. The highest BCUT2D eigenvalue weighted by Gasteiger charge is 2.48. The first-order valence-electron chi connectivity index (χ1n) is 20.1. The molecular weight excluding hydrogens is 685 g/mol. The Labute approximate surface area is 312 Å². The lowest BCUT2D eigenvalue weighted by Gasteiger charge is -2.44. The molecule has 4 fully saturated rings. The van der Waals surface area contributed by atoms with Crippen molar-refractivity contribution < 1.29 is 32.4 Å². The highest BCUT2D eigenvalue weighted by molar-refractivity contribution is 7.89. The van der Waals surface area contributed by atoms with Crippen molar-refractivity contribution in [2.75, 3.05) is 12.3 Å². The molecule has 0 aromatic carbocycles. The number of nitrogens with one attached hydrogen (secondary N) is 4. The third-order valence-corrected chi connectivity index (χ3v) is 14.1. The number of urea groups is 1. The lowest BCUT2D eigenvalue weighted by molar-refractivity contribution is -0.144. The zero-order valence-corrected chi connectivity index (χ0v) is 33.4. The third kappa shape index (κ3) is 10.7. The molecule has 4 rings (SSSR count). The predicted molar refractivity (Wildman–Crippen MR) is 201 cm³/mol. The van der Waals surface area contributed by atoms with Crippen LogP contribution in [0.4, 0.5) is 4.79 Å². The van der Waals surface area contributed by atoms with Crippen molar-refractivity contribution in [3.63, 3.8) is 0 Å². The smallest absolute Gasteiger partial charge is 0.315 e.